The normalized spacial score (nSPS) is 25.0. The number of aliphatic hydroxyl groups is 3. The van der Waals surface area contributed by atoms with Crippen LogP contribution in [0.1, 0.15) is 71.1 Å². The minimum atomic E-state index is -0.981. The van der Waals surface area contributed by atoms with Crippen LogP contribution in [0.2, 0.25) is 0 Å². The van der Waals surface area contributed by atoms with Gasteiger partial charge in [0, 0.05) is 6.61 Å². The Labute approximate surface area is 153 Å². The van der Waals surface area contributed by atoms with Gasteiger partial charge in [0.1, 0.15) is 24.4 Å². The van der Waals surface area contributed by atoms with Crippen LogP contribution in [-0.4, -0.2) is 59.6 Å². The topological polar surface area (TPSA) is 79.2 Å². The van der Waals surface area contributed by atoms with Crippen molar-refractivity contribution in [2.75, 3.05) is 19.8 Å². The van der Waals surface area contributed by atoms with Crippen LogP contribution in [0.25, 0.3) is 0 Å². The Kier molecular flexibility index (Phi) is 13.3. The Morgan fingerprint density at radius 3 is 2.20 bits per heavy atom. The molecule has 0 unspecified atom stereocenters. The molecule has 0 bridgehead atoms. The lowest BCUT2D eigenvalue weighted by atomic mass is 10.1. The second-order valence-corrected chi connectivity index (χ2v) is 6.97. The molecule has 1 aliphatic rings. The highest BCUT2D eigenvalue weighted by atomic mass is 16.6. The molecule has 1 rings (SSSR count). The maximum Gasteiger partial charge on any atom is 0.114 e. The fraction of sp³-hybridized carbons (Fsp3) is 0.900. The Morgan fingerprint density at radius 1 is 1.00 bits per heavy atom. The Morgan fingerprint density at radius 2 is 1.64 bits per heavy atom. The first kappa shape index (κ1) is 22.6. The summed E-state index contributed by atoms with van der Waals surface area (Å²) in [5.74, 6) is 0. The van der Waals surface area contributed by atoms with E-state index in [-0.39, 0.29) is 13.2 Å². The van der Waals surface area contributed by atoms with Gasteiger partial charge in [-0.3, -0.25) is 0 Å². The van der Waals surface area contributed by atoms with Crippen LogP contribution >= 0.6 is 0 Å². The third-order valence-corrected chi connectivity index (χ3v) is 4.72. The molecule has 1 fully saturated rings. The van der Waals surface area contributed by atoms with Gasteiger partial charge in [0.05, 0.1) is 13.2 Å². The number of hydrogen-bond donors (Lipinski definition) is 3. The summed E-state index contributed by atoms with van der Waals surface area (Å²) in [6.45, 7) is 2.66. The van der Waals surface area contributed by atoms with E-state index >= 15 is 0 Å². The standard InChI is InChI=1S/C20H38O5/c1-2-3-4-5-6-7-8-9-10-11-12-13-14-24-18(15-21)20-19(23)17(22)16-25-20/h7-8,17-23H,2-6,9-16H2,1H3/b8-7+/t17-,18+,19-,20-/m1/s1. The lowest BCUT2D eigenvalue weighted by molar-refractivity contribution is -0.101. The van der Waals surface area contributed by atoms with Gasteiger partial charge in [-0.1, -0.05) is 51.2 Å². The molecule has 0 spiro atoms. The molecule has 0 radical (unpaired) electrons. The van der Waals surface area contributed by atoms with Crippen molar-refractivity contribution in [3.63, 3.8) is 0 Å². The third-order valence-electron chi connectivity index (χ3n) is 4.72. The molecule has 1 saturated heterocycles. The molecule has 0 aromatic heterocycles. The largest absolute Gasteiger partial charge is 0.394 e. The number of ether oxygens (including phenoxy) is 2. The maximum absolute atomic E-state index is 9.79. The van der Waals surface area contributed by atoms with Crippen molar-refractivity contribution < 1.29 is 24.8 Å². The Balaban J connectivity index is 1.95. The Hall–Kier alpha value is -0.460. The first-order valence-corrected chi connectivity index (χ1v) is 10.1. The number of hydrogen-bond acceptors (Lipinski definition) is 5. The van der Waals surface area contributed by atoms with Gasteiger partial charge in [-0.2, -0.15) is 0 Å². The summed E-state index contributed by atoms with van der Waals surface area (Å²) in [4.78, 5) is 0. The molecule has 4 atom stereocenters. The SMILES string of the molecule is CCCCCC/C=C/CCCCCCO[C@@H](CO)[C@H]1OC[C@@H](O)[C@H]1O. The highest BCUT2D eigenvalue weighted by molar-refractivity contribution is 4.88. The molecule has 3 N–H and O–H groups in total. The van der Waals surface area contributed by atoms with Crippen LogP contribution in [0.3, 0.4) is 0 Å². The molecule has 25 heavy (non-hydrogen) atoms. The molecule has 0 saturated carbocycles. The van der Waals surface area contributed by atoms with Crippen LogP contribution in [0.15, 0.2) is 12.2 Å². The monoisotopic (exact) mass is 358 g/mol. The van der Waals surface area contributed by atoms with E-state index in [2.05, 4.69) is 19.1 Å². The molecular weight excluding hydrogens is 320 g/mol. The summed E-state index contributed by atoms with van der Waals surface area (Å²) in [6, 6.07) is 0. The number of aliphatic hydroxyl groups excluding tert-OH is 3. The van der Waals surface area contributed by atoms with Crippen molar-refractivity contribution in [1.29, 1.82) is 0 Å². The molecule has 1 heterocycles. The smallest absolute Gasteiger partial charge is 0.114 e. The summed E-state index contributed by atoms with van der Waals surface area (Å²) in [5, 5.41) is 28.6. The second kappa shape index (κ2) is 14.7. The minimum Gasteiger partial charge on any atom is -0.394 e. The second-order valence-electron chi connectivity index (χ2n) is 6.97. The lowest BCUT2D eigenvalue weighted by Crippen LogP contribution is -2.42. The molecule has 1 aliphatic heterocycles. The molecule has 0 aromatic rings. The summed E-state index contributed by atoms with van der Waals surface area (Å²) in [5.41, 5.74) is 0. The van der Waals surface area contributed by atoms with Crippen molar-refractivity contribution in [3.8, 4) is 0 Å². The molecule has 0 aliphatic carbocycles. The lowest BCUT2D eigenvalue weighted by Gasteiger charge is -2.24. The van der Waals surface area contributed by atoms with Crippen LogP contribution in [0.5, 0.6) is 0 Å². The van der Waals surface area contributed by atoms with E-state index < -0.39 is 24.4 Å². The van der Waals surface area contributed by atoms with Crippen LogP contribution in [0.4, 0.5) is 0 Å². The van der Waals surface area contributed by atoms with Crippen molar-refractivity contribution in [2.24, 2.45) is 0 Å². The predicted octanol–water partition coefficient (Wildman–Crippen LogP) is 2.96. The molecule has 0 amide bonds. The molecule has 0 aromatic carbocycles. The fourth-order valence-electron chi connectivity index (χ4n) is 3.08. The van der Waals surface area contributed by atoms with E-state index in [4.69, 9.17) is 9.47 Å². The van der Waals surface area contributed by atoms with Gasteiger partial charge in [-0.25, -0.2) is 0 Å². The zero-order valence-electron chi connectivity index (χ0n) is 15.8. The molecule has 148 valence electrons. The van der Waals surface area contributed by atoms with Gasteiger partial charge in [0.15, 0.2) is 0 Å². The molecule has 5 nitrogen and oxygen atoms in total. The quantitative estimate of drug-likeness (QED) is 0.310. The van der Waals surface area contributed by atoms with Crippen molar-refractivity contribution in [2.45, 2.75) is 95.5 Å². The average Bonchev–Trinajstić information content (AvgIpc) is 2.95. The number of unbranched alkanes of at least 4 members (excludes halogenated alkanes) is 8. The third kappa shape index (κ3) is 9.71. The zero-order chi connectivity index (χ0) is 18.3. The predicted molar refractivity (Wildman–Crippen MR) is 99.6 cm³/mol. The average molecular weight is 359 g/mol. The van der Waals surface area contributed by atoms with Gasteiger partial charge in [0.2, 0.25) is 0 Å². The van der Waals surface area contributed by atoms with Gasteiger partial charge >= 0.3 is 0 Å². The van der Waals surface area contributed by atoms with E-state index in [0.717, 1.165) is 19.3 Å². The first-order chi connectivity index (χ1) is 12.2. The van der Waals surface area contributed by atoms with E-state index in [9.17, 15) is 15.3 Å². The first-order valence-electron chi connectivity index (χ1n) is 10.1. The van der Waals surface area contributed by atoms with Crippen molar-refractivity contribution in [1.82, 2.24) is 0 Å². The Bertz CT molecular complexity index is 334. The minimum absolute atomic E-state index is 0.0951. The summed E-state index contributed by atoms with van der Waals surface area (Å²) >= 11 is 0. The number of allylic oxidation sites excluding steroid dienone is 2. The fourth-order valence-corrected chi connectivity index (χ4v) is 3.08. The highest BCUT2D eigenvalue weighted by Crippen LogP contribution is 2.19. The molecule has 5 heteroatoms. The summed E-state index contributed by atoms with van der Waals surface area (Å²) in [7, 11) is 0. The van der Waals surface area contributed by atoms with E-state index in [1.165, 1.54) is 44.9 Å². The van der Waals surface area contributed by atoms with Gasteiger partial charge in [0.25, 0.3) is 0 Å². The van der Waals surface area contributed by atoms with Crippen LogP contribution < -0.4 is 0 Å². The maximum atomic E-state index is 9.79. The zero-order valence-corrected chi connectivity index (χ0v) is 15.8. The molecular formula is C20H38O5. The van der Waals surface area contributed by atoms with Crippen LogP contribution in [-0.2, 0) is 9.47 Å². The highest BCUT2D eigenvalue weighted by Gasteiger charge is 2.40. The van der Waals surface area contributed by atoms with E-state index in [1.807, 2.05) is 0 Å². The van der Waals surface area contributed by atoms with Crippen molar-refractivity contribution >= 4 is 0 Å². The van der Waals surface area contributed by atoms with E-state index in [0.29, 0.717) is 6.61 Å². The van der Waals surface area contributed by atoms with Gasteiger partial charge < -0.3 is 24.8 Å². The number of rotatable bonds is 15. The summed E-state index contributed by atoms with van der Waals surface area (Å²) < 4.78 is 10.9. The van der Waals surface area contributed by atoms with Gasteiger partial charge in [-0.15, -0.1) is 0 Å². The summed E-state index contributed by atoms with van der Waals surface area (Å²) in [6.07, 6.45) is 13.6. The van der Waals surface area contributed by atoms with Crippen LogP contribution in [0, 0.1) is 0 Å². The van der Waals surface area contributed by atoms with Crippen molar-refractivity contribution in [3.05, 3.63) is 12.2 Å². The van der Waals surface area contributed by atoms with E-state index in [1.54, 1.807) is 0 Å². The van der Waals surface area contributed by atoms with Gasteiger partial charge in [-0.05, 0) is 32.1 Å².